The van der Waals surface area contributed by atoms with E-state index >= 15 is 0 Å². The standard InChI is InChI=1S/C15H12FNO4/c1-9-2-7-12(15(20)21)14(19)17(9)8-13(18)10-3-5-11(16)6-4-10/h2-7H,8H2,1H3,(H,20,21). The first-order valence-corrected chi connectivity index (χ1v) is 6.12. The Hall–Kier alpha value is -2.76. The third kappa shape index (κ3) is 3.05. The van der Waals surface area contributed by atoms with Crippen molar-refractivity contribution in [2.24, 2.45) is 0 Å². The third-order valence-corrected chi connectivity index (χ3v) is 3.09. The van der Waals surface area contributed by atoms with Gasteiger partial charge in [0, 0.05) is 11.3 Å². The number of hydrogen-bond donors (Lipinski definition) is 1. The van der Waals surface area contributed by atoms with E-state index in [0.717, 1.165) is 16.7 Å². The highest BCUT2D eigenvalue weighted by Crippen LogP contribution is 2.06. The summed E-state index contributed by atoms with van der Waals surface area (Å²) in [6.45, 7) is 1.31. The second-order valence-electron chi connectivity index (χ2n) is 4.51. The van der Waals surface area contributed by atoms with Crippen LogP contribution < -0.4 is 5.56 Å². The number of nitrogens with zero attached hydrogens (tertiary/aromatic N) is 1. The number of halogens is 1. The maximum Gasteiger partial charge on any atom is 0.341 e. The molecule has 5 nitrogen and oxygen atoms in total. The Bertz CT molecular complexity index is 762. The molecule has 2 rings (SSSR count). The molecule has 0 aliphatic rings. The number of aryl methyl sites for hydroxylation is 1. The summed E-state index contributed by atoms with van der Waals surface area (Å²) in [4.78, 5) is 35.0. The van der Waals surface area contributed by atoms with Crippen LogP contribution >= 0.6 is 0 Å². The minimum absolute atomic E-state index is 0.253. The van der Waals surface area contributed by atoms with Crippen LogP contribution in [0.4, 0.5) is 4.39 Å². The maximum atomic E-state index is 12.8. The SMILES string of the molecule is Cc1ccc(C(=O)O)c(=O)n1CC(=O)c1ccc(F)cc1. The minimum atomic E-state index is -1.34. The molecule has 0 aliphatic heterocycles. The van der Waals surface area contributed by atoms with Crippen molar-refractivity contribution in [3.63, 3.8) is 0 Å². The van der Waals surface area contributed by atoms with Crippen molar-refractivity contribution >= 4 is 11.8 Å². The van der Waals surface area contributed by atoms with Gasteiger partial charge in [0.2, 0.25) is 0 Å². The van der Waals surface area contributed by atoms with Crippen LogP contribution in [0.1, 0.15) is 26.4 Å². The summed E-state index contributed by atoms with van der Waals surface area (Å²) in [5, 5.41) is 8.92. The number of aromatic carboxylic acids is 1. The number of ketones is 1. The van der Waals surface area contributed by atoms with Gasteiger partial charge in [0.25, 0.3) is 5.56 Å². The molecular formula is C15H12FNO4. The molecule has 1 aromatic carbocycles. The third-order valence-electron chi connectivity index (χ3n) is 3.09. The first-order chi connectivity index (χ1) is 9.90. The van der Waals surface area contributed by atoms with E-state index in [-0.39, 0.29) is 12.1 Å². The van der Waals surface area contributed by atoms with E-state index in [1.54, 1.807) is 6.92 Å². The van der Waals surface area contributed by atoms with Crippen molar-refractivity contribution in [3.05, 3.63) is 69.4 Å². The van der Waals surface area contributed by atoms with Crippen LogP contribution in [0.5, 0.6) is 0 Å². The Morgan fingerprint density at radius 3 is 2.33 bits per heavy atom. The molecule has 0 radical (unpaired) electrons. The number of carbonyl (C=O) groups is 2. The molecular weight excluding hydrogens is 277 g/mol. The molecule has 0 aliphatic carbocycles. The van der Waals surface area contributed by atoms with E-state index in [0.29, 0.717) is 5.69 Å². The number of aromatic nitrogens is 1. The lowest BCUT2D eigenvalue weighted by Gasteiger charge is -2.10. The molecule has 0 unspecified atom stereocenters. The average molecular weight is 289 g/mol. The van der Waals surface area contributed by atoms with Crippen LogP contribution in [0.15, 0.2) is 41.2 Å². The van der Waals surface area contributed by atoms with Crippen molar-refractivity contribution in [2.45, 2.75) is 13.5 Å². The summed E-state index contributed by atoms with van der Waals surface area (Å²) >= 11 is 0. The van der Waals surface area contributed by atoms with E-state index in [2.05, 4.69) is 0 Å². The van der Waals surface area contributed by atoms with Gasteiger partial charge in [-0.15, -0.1) is 0 Å². The molecule has 1 aromatic heterocycles. The molecule has 21 heavy (non-hydrogen) atoms. The summed E-state index contributed by atoms with van der Waals surface area (Å²) in [5.41, 5.74) is -0.408. The zero-order valence-corrected chi connectivity index (χ0v) is 11.2. The van der Waals surface area contributed by atoms with Crippen LogP contribution in [0.25, 0.3) is 0 Å². The highest BCUT2D eigenvalue weighted by Gasteiger charge is 2.15. The van der Waals surface area contributed by atoms with Gasteiger partial charge in [-0.25, -0.2) is 9.18 Å². The summed E-state index contributed by atoms with van der Waals surface area (Å²) in [5.74, 6) is -2.21. The quantitative estimate of drug-likeness (QED) is 0.872. The van der Waals surface area contributed by atoms with Crippen molar-refractivity contribution in [3.8, 4) is 0 Å². The highest BCUT2D eigenvalue weighted by atomic mass is 19.1. The number of Topliss-reactive ketones (excluding diaryl/α,β-unsaturated/α-hetero) is 1. The lowest BCUT2D eigenvalue weighted by atomic mass is 10.1. The molecule has 6 heteroatoms. The largest absolute Gasteiger partial charge is 0.477 e. The van der Waals surface area contributed by atoms with E-state index < -0.39 is 28.7 Å². The van der Waals surface area contributed by atoms with Crippen molar-refractivity contribution < 1.29 is 19.1 Å². The molecule has 0 spiro atoms. The summed E-state index contributed by atoms with van der Waals surface area (Å²) in [7, 11) is 0. The smallest absolute Gasteiger partial charge is 0.341 e. The molecule has 0 bridgehead atoms. The molecule has 1 heterocycles. The van der Waals surface area contributed by atoms with Gasteiger partial charge in [0.15, 0.2) is 5.78 Å². The Labute approximate surface area is 119 Å². The van der Waals surface area contributed by atoms with Gasteiger partial charge in [0.1, 0.15) is 11.4 Å². The van der Waals surface area contributed by atoms with Crippen molar-refractivity contribution in [1.82, 2.24) is 4.57 Å². The maximum absolute atomic E-state index is 12.8. The summed E-state index contributed by atoms with van der Waals surface area (Å²) in [6, 6.07) is 7.60. The van der Waals surface area contributed by atoms with E-state index in [1.165, 1.54) is 24.3 Å². The van der Waals surface area contributed by atoms with Crippen molar-refractivity contribution in [1.29, 1.82) is 0 Å². The topological polar surface area (TPSA) is 76.4 Å². The van der Waals surface area contributed by atoms with E-state index in [1.807, 2.05) is 0 Å². The molecule has 0 atom stereocenters. The summed E-state index contributed by atoms with van der Waals surface area (Å²) < 4.78 is 13.9. The van der Waals surface area contributed by atoms with Crippen LogP contribution in [-0.4, -0.2) is 21.4 Å². The minimum Gasteiger partial charge on any atom is -0.477 e. The molecule has 0 amide bonds. The zero-order chi connectivity index (χ0) is 15.6. The number of hydrogen-bond acceptors (Lipinski definition) is 3. The number of carbonyl (C=O) groups excluding carboxylic acids is 1. The predicted octanol–water partition coefficient (Wildman–Crippen LogP) is 1.88. The van der Waals surface area contributed by atoms with E-state index in [4.69, 9.17) is 5.11 Å². The molecule has 0 saturated carbocycles. The normalized spacial score (nSPS) is 10.4. The second kappa shape index (κ2) is 5.70. The Morgan fingerprint density at radius 2 is 1.76 bits per heavy atom. The predicted molar refractivity (Wildman–Crippen MR) is 73.1 cm³/mol. The van der Waals surface area contributed by atoms with Crippen LogP contribution in [0.3, 0.4) is 0 Å². The number of pyridine rings is 1. The van der Waals surface area contributed by atoms with Crippen LogP contribution in [0, 0.1) is 12.7 Å². The van der Waals surface area contributed by atoms with Gasteiger partial charge in [-0.2, -0.15) is 0 Å². The molecule has 0 fully saturated rings. The van der Waals surface area contributed by atoms with Gasteiger partial charge < -0.3 is 9.67 Å². The van der Waals surface area contributed by atoms with Gasteiger partial charge in [0.05, 0.1) is 6.54 Å². The number of carboxylic acid groups (broad SMARTS) is 1. The first kappa shape index (κ1) is 14.6. The van der Waals surface area contributed by atoms with Crippen LogP contribution in [-0.2, 0) is 6.54 Å². The summed E-state index contributed by atoms with van der Waals surface area (Å²) in [6.07, 6.45) is 0. The molecule has 108 valence electrons. The zero-order valence-electron chi connectivity index (χ0n) is 11.2. The number of rotatable bonds is 4. The Morgan fingerprint density at radius 1 is 1.14 bits per heavy atom. The molecule has 0 saturated heterocycles. The fraction of sp³-hybridized carbons (Fsp3) is 0.133. The average Bonchev–Trinajstić information content (AvgIpc) is 2.43. The lowest BCUT2D eigenvalue weighted by Crippen LogP contribution is -2.30. The number of carboxylic acids is 1. The molecule has 2 aromatic rings. The molecule has 1 N–H and O–H groups in total. The highest BCUT2D eigenvalue weighted by molar-refractivity contribution is 5.96. The lowest BCUT2D eigenvalue weighted by molar-refractivity contribution is 0.0693. The van der Waals surface area contributed by atoms with Gasteiger partial charge in [-0.3, -0.25) is 9.59 Å². The van der Waals surface area contributed by atoms with Gasteiger partial charge in [-0.05, 0) is 43.3 Å². The van der Waals surface area contributed by atoms with Gasteiger partial charge in [-0.1, -0.05) is 0 Å². The monoisotopic (exact) mass is 289 g/mol. The van der Waals surface area contributed by atoms with E-state index in [9.17, 15) is 18.8 Å². The number of benzene rings is 1. The van der Waals surface area contributed by atoms with Gasteiger partial charge >= 0.3 is 5.97 Å². The fourth-order valence-electron chi connectivity index (χ4n) is 1.90. The van der Waals surface area contributed by atoms with Crippen molar-refractivity contribution in [2.75, 3.05) is 0 Å². The fourth-order valence-corrected chi connectivity index (χ4v) is 1.90. The second-order valence-corrected chi connectivity index (χ2v) is 4.51. The Balaban J connectivity index is 2.37. The first-order valence-electron chi connectivity index (χ1n) is 6.12. The Kier molecular flexibility index (Phi) is 3.98. The van der Waals surface area contributed by atoms with Crippen LogP contribution in [0.2, 0.25) is 0 Å².